The van der Waals surface area contributed by atoms with E-state index in [1.807, 2.05) is 47.4 Å². The second kappa shape index (κ2) is 11.6. The van der Waals surface area contributed by atoms with Gasteiger partial charge < -0.3 is 24.4 Å². The fraction of sp³-hybridized carbons (Fsp3) is 0.346. The summed E-state index contributed by atoms with van der Waals surface area (Å²) in [6.07, 6.45) is 1.61. The summed E-state index contributed by atoms with van der Waals surface area (Å²) in [7, 11) is 4.88. The van der Waals surface area contributed by atoms with Crippen LogP contribution >= 0.6 is 0 Å². The minimum Gasteiger partial charge on any atom is -0.493 e. The number of aromatic nitrogens is 2. The SMILES string of the molecule is COCCN1CCN(C(=O)c2cnc(-c3ccccc3)nc2Nc2ccc(OC)c(OC)c2)CC1. The van der Waals surface area contributed by atoms with Gasteiger partial charge in [0.25, 0.3) is 5.91 Å². The predicted molar refractivity (Wildman–Crippen MR) is 135 cm³/mol. The normalized spacial score (nSPS) is 14.0. The molecule has 0 spiro atoms. The standard InChI is InChI=1S/C26H31N5O4/c1-33-16-15-30-11-13-31(14-12-30)26(32)21-18-27-24(19-7-5-4-6-8-19)29-25(21)28-20-9-10-22(34-2)23(17-20)35-3/h4-10,17-18H,11-16H2,1-3H3,(H,27,28,29). The van der Waals surface area contributed by atoms with Crippen molar-refractivity contribution >= 4 is 17.4 Å². The van der Waals surface area contributed by atoms with Gasteiger partial charge in [-0.1, -0.05) is 30.3 Å². The first-order valence-electron chi connectivity index (χ1n) is 11.5. The van der Waals surface area contributed by atoms with Gasteiger partial charge in [0.05, 0.1) is 20.8 Å². The molecule has 0 bridgehead atoms. The molecule has 1 aliphatic heterocycles. The van der Waals surface area contributed by atoms with Crippen LogP contribution in [0.25, 0.3) is 11.4 Å². The van der Waals surface area contributed by atoms with Crippen molar-refractivity contribution in [1.29, 1.82) is 0 Å². The Hall–Kier alpha value is -3.69. The second-order valence-electron chi connectivity index (χ2n) is 8.14. The molecule has 3 aromatic rings. The molecule has 0 saturated carbocycles. The summed E-state index contributed by atoms with van der Waals surface area (Å²) in [4.78, 5) is 26.9. The maximum Gasteiger partial charge on any atom is 0.259 e. The molecule has 0 atom stereocenters. The highest BCUT2D eigenvalue weighted by Gasteiger charge is 2.25. The monoisotopic (exact) mass is 477 g/mol. The average Bonchev–Trinajstić information content (AvgIpc) is 2.92. The minimum atomic E-state index is -0.0982. The van der Waals surface area contributed by atoms with Gasteiger partial charge in [-0.2, -0.15) is 0 Å². The van der Waals surface area contributed by atoms with Crippen molar-refractivity contribution in [3.05, 3.63) is 60.3 Å². The zero-order valence-corrected chi connectivity index (χ0v) is 20.4. The lowest BCUT2D eigenvalue weighted by Gasteiger charge is -2.34. The maximum absolute atomic E-state index is 13.5. The third kappa shape index (κ3) is 5.87. The number of rotatable bonds is 9. The second-order valence-corrected chi connectivity index (χ2v) is 8.14. The van der Waals surface area contributed by atoms with E-state index in [1.54, 1.807) is 33.6 Å². The highest BCUT2D eigenvalue weighted by Crippen LogP contribution is 2.32. The molecule has 184 valence electrons. The Morgan fingerprint density at radius 2 is 1.71 bits per heavy atom. The molecule has 1 amide bonds. The van der Waals surface area contributed by atoms with Crippen LogP contribution in [0.4, 0.5) is 11.5 Å². The molecule has 1 saturated heterocycles. The van der Waals surface area contributed by atoms with Crippen molar-refractivity contribution < 1.29 is 19.0 Å². The summed E-state index contributed by atoms with van der Waals surface area (Å²) in [5.41, 5.74) is 2.01. The number of amides is 1. The molecular formula is C26H31N5O4. The summed E-state index contributed by atoms with van der Waals surface area (Å²) in [6, 6.07) is 15.2. The summed E-state index contributed by atoms with van der Waals surface area (Å²) >= 11 is 0. The van der Waals surface area contributed by atoms with Crippen molar-refractivity contribution in [2.45, 2.75) is 0 Å². The molecule has 2 aromatic carbocycles. The molecule has 1 aromatic heterocycles. The first kappa shape index (κ1) is 24.4. The van der Waals surface area contributed by atoms with Crippen LogP contribution in [0.1, 0.15) is 10.4 Å². The number of carbonyl (C=O) groups is 1. The fourth-order valence-corrected chi connectivity index (χ4v) is 3.98. The first-order valence-corrected chi connectivity index (χ1v) is 11.5. The van der Waals surface area contributed by atoms with E-state index in [-0.39, 0.29) is 5.91 Å². The fourth-order valence-electron chi connectivity index (χ4n) is 3.98. The van der Waals surface area contributed by atoms with Crippen molar-refractivity contribution in [2.24, 2.45) is 0 Å². The van der Waals surface area contributed by atoms with E-state index >= 15 is 0 Å². The first-order chi connectivity index (χ1) is 17.1. The largest absolute Gasteiger partial charge is 0.493 e. The van der Waals surface area contributed by atoms with Crippen LogP contribution in [0.2, 0.25) is 0 Å². The van der Waals surface area contributed by atoms with Gasteiger partial charge in [-0.15, -0.1) is 0 Å². The number of benzene rings is 2. The third-order valence-corrected chi connectivity index (χ3v) is 5.97. The number of ether oxygens (including phenoxy) is 3. The van der Waals surface area contributed by atoms with Gasteiger partial charge in [-0.3, -0.25) is 9.69 Å². The van der Waals surface area contributed by atoms with Crippen LogP contribution in [0.3, 0.4) is 0 Å². The van der Waals surface area contributed by atoms with Crippen LogP contribution in [0, 0.1) is 0 Å². The summed E-state index contributed by atoms with van der Waals surface area (Å²) in [5.74, 6) is 2.08. The molecule has 35 heavy (non-hydrogen) atoms. The number of hydrogen-bond acceptors (Lipinski definition) is 8. The molecule has 1 N–H and O–H groups in total. The number of carbonyl (C=O) groups excluding carboxylic acids is 1. The Balaban J connectivity index is 1.62. The van der Waals surface area contributed by atoms with E-state index in [0.717, 1.165) is 30.9 Å². The van der Waals surface area contributed by atoms with Crippen LogP contribution in [0.5, 0.6) is 11.5 Å². The Kier molecular flexibility index (Phi) is 8.12. The maximum atomic E-state index is 13.5. The van der Waals surface area contributed by atoms with Gasteiger partial charge >= 0.3 is 0 Å². The number of piperazine rings is 1. The topological polar surface area (TPSA) is 89.1 Å². The predicted octanol–water partition coefficient (Wildman–Crippen LogP) is 3.31. The Morgan fingerprint density at radius 3 is 2.40 bits per heavy atom. The summed E-state index contributed by atoms with van der Waals surface area (Å²) < 4.78 is 15.9. The van der Waals surface area contributed by atoms with Crippen LogP contribution in [-0.2, 0) is 4.74 Å². The number of hydrogen-bond donors (Lipinski definition) is 1. The number of methoxy groups -OCH3 is 3. The zero-order valence-electron chi connectivity index (χ0n) is 20.4. The van der Waals surface area contributed by atoms with Crippen LogP contribution in [0.15, 0.2) is 54.7 Å². The highest BCUT2D eigenvalue weighted by atomic mass is 16.5. The lowest BCUT2D eigenvalue weighted by Crippen LogP contribution is -2.49. The van der Waals surface area contributed by atoms with Gasteiger partial charge in [0, 0.05) is 63.3 Å². The van der Waals surface area contributed by atoms with Crippen molar-refractivity contribution in [3.63, 3.8) is 0 Å². The Labute approximate surface area is 205 Å². The van der Waals surface area contributed by atoms with Crippen LogP contribution in [-0.4, -0.2) is 86.3 Å². The van der Waals surface area contributed by atoms with Gasteiger partial charge in [0.15, 0.2) is 17.3 Å². The van der Waals surface area contributed by atoms with Gasteiger partial charge in [0.2, 0.25) is 0 Å². The highest BCUT2D eigenvalue weighted by molar-refractivity contribution is 5.99. The molecule has 1 fully saturated rings. The molecule has 1 aliphatic rings. The quantitative estimate of drug-likeness (QED) is 0.502. The molecular weight excluding hydrogens is 446 g/mol. The molecule has 0 unspecified atom stereocenters. The average molecular weight is 478 g/mol. The zero-order chi connectivity index (χ0) is 24.6. The molecule has 9 heteroatoms. The molecule has 0 radical (unpaired) electrons. The van der Waals surface area contributed by atoms with Crippen LogP contribution < -0.4 is 14.8 Å². The third-order valence-electron chi connectivity index (χ3n) is 5.97. The van der Waals surface area contributed by atoms with Crippen molar-refractivity contribution in [2.75, 3.05) is 66.0 Å². The number of anilines is 2. The van der Waals surface area contributed by atoms with E-state index in [9.17, 15) is 4.79 Å². The Bertz CT molecular complexity index is 1130. The van der Waals surface area contributed by atoms with E-state index in [4.69, 9.17) is 19.2 Å². The molecule has 0 aliphatic carbocycles. The molecule has 2 heterocycles. The number of nitrogens with zero attached hydrogens (tertiary/aromatic N) is 4. The number of nitrogens with one attached hydrogen (secondary N) is 1. The van der Waals surface area contributed by atoms with E-state index in [2.05, 4.69) is 15.2 Å². The lowest BCUT2D eigenvalue weighted by atomic mass is 10.2. The van der Waals surface area contributed by atoms with Crippen molar-refractivity contribution in [1.82, 2.24) is 19.8 Å². The van der Waals surface area contributed by atoms with Crippen molar-refractivity contribution in [3.8, 4) is 22.9 Å². The lowest BCUT2D eigenvalue weighted by molar-refractivity contribution is 0.0594. The van der Waals surface area contributed by atoms with E-state index in [0.29, 0.717) is 48.4 Å². The Morgan fingerprint density at radius 1 is 0.971 bits per heavy atom. The van der Waals surface area contributed by atoms with Gasteiger partial charge in [0.1, 0.15) is 11.4 Å². The van der Waals surface area contributed by atoms with Gasteiger partial charge in [-0.05, 0) is 12.1 Å². The van der Waals surface area contributed by atoms with E-state index in [1.165, 1.54) is 0 Å². The molecule has 9 nitrogen and oxygen atoms in total. The van der Waals surface area contributed by atoms with E-state index < -0.39 is 0 Å². The summed E-state index contributed by atoms with van der Waals surface area (Å²) in [6.45, 7) is 4.42. The summed E-state index contributed by atoms with van der Waals surface area (Å²) in [5, 5.41) is 3.30. The molecule has 4 rings (SSSR count). The minimum absolute atomic E-state index is 0.0982. The van der Waals surface area contributed by atoms with Gasteiger partial charge in [-0.25, -0.2) is 9.97 Å². The smallest absolute Gasteiger partial charge is 0.259 e.